The summed E-state index contributed by atoms with van der Waals surface area (Å²) in [5.74, 6) is 6.98. The van der Waals surface area contributed by atoms with Crippen LogP contribution in [0, 0.1) is 17.8 Å². The maximum absolute atomic E-state index is 8.96. The molecule has 108 valence electrons. The average molecular weight is 282 g/mol. The van der Waals surface area contributed by atoms with Gasteiger partial charge in [0.25, 0.3) is 0 Å². The predicted octanol–water partition coefficient (Wildman–Crippen LogP) is 2.60. The van der Waals surface area contributed by atoms with E-state index in [9.17, 15) is 0 Å². The molecule has 0 aliphatic carbocycles. The van der Waals surface area contributed by atoms with Crippen molar-refractivity contribution in [2.24, 2.45) is 5.92 Å². The second kappa shape index (κ2) is 6.62. The van der Waals surface area contributed by atoms with Crippen molar-refractivity contribution >= 4 is 10.8 Å². The molecule has 2 aromatic rings. The summed E-state index contributed by atoms with van der Waals surface area (Å²) < 4.78 is 11.3. The van der Waals surface area contributed by atoms with Gasteiger partial charge in [-0.1, -0.05) is 42.2 Å². The van der Waals surface area contributed by atoms with Gasteiger partial charge in [-0.05, 0) is 17.9 Å². The van der Waals surface area contributed by atoms with Crippen LogP contribution in [0.1, 0.15) is 12.0 Å². The Labute approximate surface area is 124 Å². The third kappa shape index (κ3) is 3.18. The summed E-state index contributed by atoms with van der Waals surface area (Å²) in [7, 11) is 0. The number of aliphatic hydroxyl groups is 1. The van der Waals surface area contributed by atoms with Crippen LogP contribution in [-0.4, -0.2) is 31.5 Å². The minimum Gasteiger partial charge on any atom is -0.492 e. The Morgan fingerprint density at radius 1 is 1.24 bits per heavy atom. The molecule has 3 nitrogen and oxygen atoms in total. The minimum atomic E-state index is -0.154. The molecule has 1 heterocycles. The van der Waals surface area contributed by atoms with Crippen LogP contribution in [0.15, 0.2) is 36.4 Å². The monoisotopic (exact) mass is 282 g/mol. The van der Waals surface area contributed by atoms with Crippen LogP contribution in [0.4, 0.5) is 0 Å². The lowest BCUT2D eigenvalue weighted by Crippen LogP contribution is -2.12. The van der Waals surface area contributed by atoms with Crippen LogP contribution in [-0.2, 0) is 4.74 Å². The first-order valence-electron chi connectivity index (χ1n) is 7.20. The SMILES string of the molecule is OCC#Cc1c(OCC2CCOC2)ccc2ccccc12. The summed E-state index contributed by atoms with van der Waals surface area (Å²) in [5, 5.41) is 11.1. The maximum Gasteiger partial charge on any atom is 0.135 e. The molecule has 1 atom stereocenters. The Balaban J connectivity index is 1.92. The largest absolute Gasteiger partial charge is 0.492 e. The molecule has 0 radical (unpaired) electrons. The smallest absolute Gasteiger partial charge is 0.135 e. The molecule has 1 fully saturated rings. The number of ether oxygens (including phenoxy) is 2. The highest BCUT2D eigenvalue weighted by Crippen LogP contribution is 2.28. The summed E-state index contributed by atoms with van der Waals surface area (Å²) in [5.41, 5.74) is 0.848. The molecule has 0 spiro atoms. The summed E-state index contributed by atoms with van der Waals surface area (Å²) in [6.45, 7) is 2.08. The molecular weight excluding hydrogens is 264 g/mol. The number of aliphatic hydroxyl groups excluding tert-OH is 1. The maximum atomic E-state index is 8.96. The molecule has 1 unspecified atom stereocenters. The lowest BCUT2D eigenvalue weighted by atomic mass is 10.0. The van der Waals surface area contributed by atoms with Crippen molar-refractivity contribution in [1.29, 1.82) is 0 Å². The molecular formula is C18H18O3. The molecule has 0 saturated carbocycles. The number of fused-ring (bicyclic) bond motifs is 1. The van der Waals surface area contributed by atoms with Crippen LogP contribution in [0.2, 0.25) is 0 Å². The zero-order valence-electron chi connectivity index (χ0n) is 11.8. The van der Waals surface area contributed by atoms with Crippen molar-refractivity contribution < 1.29 is 14.6 Å². The van der Waals surface area contributed by atoms with E-state index >= 15 is 0 Å². The molecule has 2 aromatic carbocycles. The molecule has 1 saturated heterocycles. The molecule has 1 aliphatic heterocycles. The van der Waals surface area contributed by atoms with Crippen LogP contribution in [0.5, 0.6) is 5.75 Å². The summed E-state index contributed by atoms with van der Waals surface area (Å²) in [6, 6.07) is 12.1. The van der Waals surface area contributed by atoms with Gasteiger partial charge in [0, 0.05) is 17.9 Å². The molecule has 21 heavy (non-hydrogen) atoms. The van der Waals surface area contributed by atoms with Gasteiger partial charge in [-0.25, -0.2) is 0 Å². The van der Waals surface area contributed by atoms with E-state index < -0.39 is 0 Å². The standard InChI is InChI=1S/C18H18O3/c19-10-3-6-17-16-5-2-1-4-15(16)7-8-18(17)21-13-14-9-11-20-12-14/h1-2,4-5,7-8,14,19H,9-13H2. The molecule has 0 bridgehead atoms. The molecule has 1 aliphatic rings. The highest BCUT2D eigenvalue weighted by atomic mass is 16.5. The van der Waals surface area contributed by atoms with Gasteiger partial charge < -0.3 is 14.6 Å². The third-order valence-electron chi connectivity index (χ3n) is 3.68. The Kier molecular flexibility index (Phi) is 4.40. The van der Waals surface area contributed by atoms with E-state index in [0.717, 1.165) is 41.7 Å². The van der Waals surface area contributed by atoms with Crippen molar-refractivity contribution in [3.8, 4) is 17.6 Å². The van der Waals surface area contributed by atoms with E-state index in [2.05, 4.69) is 11.8 Å². The van der Waals surface area contributed by atoms with E-state index in [0.29, 0.717) is 12.5 Å². The van der Waals surface area contributed by atoms with Crippen molar-refractivity contribution in [2.75, 3.05) is 26.4 Å². The van der Waals surface area contributed by atoms with Crippen molar-refractivity contribution in [2.45, 2.75) is 6.42 Å². The Bertz CT molecular complexity index is 676. The van der Waals surface area contributed by atoms with E-state index in [1.54, 1.807) is 0 Å². The third-order valence-corrected chi connectivity index (χ3v) is 3.68. The second-order valence-electron chi connectivity index (χ2n) is 5.16. The fourth-order valence-electron chi connectivity index (χ4n) is 2.55. The highest BCUT2D eigenvalue weighted by molar-refractivity contribution is 5.90. The van der Waals surface area contributed by atoms with Gasteiger partial charge in [0.2, 0.25) is 0 Å². The summed E-state index contributed by atoms with van der Waals surface area (Å²) in [4.78, 5) is 0. The first-order valence-corrected chi connectivity index (χ1v) is 7.20. The lowest BCUT2D eigenvalue weighted by molar-refractivity contribution is 0.167. The van der Waals surface area contributed by atoms with Crippen LogP contribution >= 0.6 is 0 Å². The van der Waals surface area contributed by atoms with Gasteiger partial charge in [0.15, 0.2) is 0 Å². The molecule has 3 rings (SSSR count). The first-order chi connectivity index (χ1) is 10.4. The average Bonchev–Trinajstić information content (AvgIpc) is 3.04. The Morgan fingerprint density at radius 3 is 2.95 bits per heavy atom. The van der Waals surface area contributed by atoms with Crippen LogP contribution < -0.4 is 4.74 Å². The number of rotatable bonds is 3. The minimum absolute atomic E-state index is 0.154. The molecule has 3 heteroatoms. The van der Waals surface area contributed by atoms with Gasteiger partial charge in [-0.2, -0.15) is 0 Å². The van der Waals surface area contributed by atoms with Crippen LogP contribution in [0.25, 0.3) is 10.8 Å². The Morgan fingerprint density at radius 2 is 2.14 bits per heavy atom. The predicted molar refractivity (Wildman–Crippen MR) is 82.3 cm³/mol. The second-order valence-corrected chi connectivity index (χ2v) is 5.16. The number of hydrogen-bond donors (Lipinski definition) is 1. The van der Waals surface area contributed by atoms with Crippen LogP contribution in [0.3, 0.4) is 0 Å². The van der Waals surface area contributed by atoms with Crippen molar-refractivity contribution in [3.63, 3.8) is 0 Å². The van der Waals surface area contributed by atoms with Gasteiger partial charge >= 0.3 is 0 Å². The number of benzene rings is 2. The van der Waals surface area contributed by atoms with E-state index in [4.69, 9.17) is 14.6 Å². The van der Waals surface area contributed by atoms with E-state index in [-0.39, 0.29) is 6.61 Å². The zero-order valence-corrected chi connectivity index (χ0v) is 11.8. The highest BCUT2D eigenvalue weighted by Gasteiger charge is 2.17. The molecule has 0 amide bonds. The van der Waals surface area contributed by atoms with Gasteiger partial charge in [0.05, 0.1) is 18.8 Å². The molecule has 0 aromatic heterocycles. The fourth-order valence-corrected chi connectivity index (χ4v) is 2.55. The number of hydrogen-bond acceptors (Lipinski definition) is 3. The van der Waals surface area contributed by atoms with Gasteiger partial charge in [0.1, 0.15) is 12.4 Å². The van der Waals surface area contributed by atoms with E-state index in [1.165, 1.54) is 0 Å². The van der Waals surface area contributed by atoms with Gasteiger partial charge in [-0.3, -0.25) is 0 Å². The topological polar surface area (TPSA) is 38.7 Å². The molecule has 1 N–H and O–H groups in total. The van der Waals surface area contributed by atoms with Crippen molar-refractivity contribution in [3.05, 3.63) is 42.0 Å². The van der Waals surface area contributed by atoms with Crippen molar-refractivity contribution in [1.82, 2.24) is 0 Å². The summed E-state index contributed by atoms with van der Waals surface area (Å²) >= 11 is 0. The first kappa shape index (κ1) is 13.9. The van der Waals surface area contributed by atoms with Gasteiger partial charge in [-0.15, -0.1) is 0 Å². The fraction of sp³-hybridized carbons (Fsp3) is 0.333. The lowest BCUT2D eigenvalue weighted by Gasteiger charge is -2.13. The Hall–Kier alpha value is -2.02. The zero-order chi connectivity index (χ0) is 14.5. The normalized spacial score (nSPS) is 17.5. The quantitative estimate of drug-likeness (QED) is 0.880. The summed E-state index contributed by atoms with van der Waals surface area (Å²) in [6.07, 6.45) is 1.05. The van der Waals surface area contributed by atoms with E-state index in [1.807, 2.05) is 36.4 Å².